The number of halogens is 2. The average Bonchev–Trinajstić information content (AvgIpc) is 3.12. The number of phenolic OH excluding ortho intramolecular Hbond substituents is 1. The quantitative estimate of drug-likeness (QED) is 0.460. The molecule has 0 atom stereocenters. The molecule has 0 fully saturated rings. The molecule has 0 saturated heterocycles. The molecule has 2 aromatic carbocycles. The number of carbonyl (C=O) groups is 1. The first-order chi connectivity index (χ1) is 12.5. The van der Waals surface area contributed by atoms with Gasteiger partial charge in [-0.25, -0.2) is 5.43 Å². The number of hydrazone groups is 1. The van der Waals surface area contributed by atoms with E-state index < -0.39 is 5.91 Å². The molecule has 1 aromatic heterocycles. The highest BCUT2D eigenvalue weighted by Gasteiger charge is 2.12. The monoisotopic (exact) mass is 388 g/mol. The van der Waals surface area contributed by atoms with E-state index >= 15 is 0 Å². The zero-order valence-electron chi connectivity index (χ0n) is 13.6. The number of H-pyrrole nitrogens is 1. The Morgan fingerprint density at radius 3 is 2.65 bits per heavy atom. The lowest BCUT2D eigenvalue weighted by atomic mass is 10.1. The van der Waals surface area contributed by atoms with E-state index in [1.54, 1.807) is 55.5 Å². The Morgan fingerprint density at radius 2 is 1.92 bits per heavy atom. The third kappa shape index (κ3) is 3.87. The molecular weight excluding hydrogens is 375 g/mol. The Hall–Kier alpha value is -2.83. The average molecular weight is 389 g/mol. The Balaban J connectivity index is 1.75. The minimum absolute atomic E-state index is 0.0893. The van der Waals surface area contributed by atoms with Crippen LogP contribution >= 0.6 is 23.2 Å². The smallest absolute Gasteiger partial charge is 0.289 e. The molecule has 0 bridgehead atoms. The first-order valence-corrected chi connectivity index (χ1v) is 8.35. The zero-order valence-corrected chi connectivity index (χ0v) is 15.1. The maximum absolute atomic E-state index is 12.2. The van der Waals surface area contributed by atoms with Crippen LogP contribution in [-0.2, 0) is 0 Å². The van der Waals surface area contributed by atoms with Crippen LogP contribution in [0.2, 0.25) is 10.0 Å². The van der Waals surface area contributed by atoms with Crippen molar-refractivity contribution in [3.63, 3.8) is 0 Å². The third-order valence-electron chi connectivity index (χ3n) is 3.66. The molecule has 3 N–H and O–H groups in total. The second-order valence-electron chi connectivity index (χ2n) is 5.45. The summed E-state index contributed by atoms with van der Waals surface area (Å²) in [4.78, 5) is 12.2. The van der Waals surface area contributed by atoms with Crippen molar-refractivity contribution < 1.29 is 9.90 Å². The fraction of sp³-hybridized carbons (Fsp3) is 0.0556. The van der Waals surface area contributed by atoms with Crippen LogP contribution in [0.3, 0.4) is 0 Å². The Morgan fingerprint density at radius 1 is 1.15 bits per heavy atom. The van der Waals surface area contributed by atoms with Gasteiger partial charge in [0.15, 0.2) is 0 Å². The van der Waals surface area contributed by atoms with E-state index in [-0.39, 0.29) is 11.4 Å². The molecule has 0 aliphatic carbocycles. The molecule has 1 amide bonds. The number of phenols is 1. The van der Waals surface area contributed by atoms with Crippen LogP contribution in [0.25, 0.3) is 11.3 Å². The summed E-state index contributed by atoms with van der Waals surface area (Å²) in [5.74, 6) is -0.370. The number of benzene rings is 2. The summed E-state index contributed by atoms with van der Waals surface area (Å²) in [6.45, 7) is 1.68. The molecule has 0 spiro atoms. The van der Waals surface area contributed by atoms with Crippen molar-refractivity contribution in [2.24, 2.45) is 5.10 Å². The standard InChI is InChI=1S/C18H14Cl2N4O2/c1-10(12-4-2-3-5-17(12)25)21-24-18(26)16-9-15(22-23-16)11-6-7-13(19)14(20)8-11/h2-9,25H,1H3,(H,22,23)(H,24,26)/b21-10-. The van der Waals surface area contributed by atoms with E-state index in [4.69, 9.17) is 23.2 Å². The van der Waals surface area contributed by atoms with Gasteiger partial charge in [-0.05, 0) is 37.3 Å². The Kier molecular flexibility index (Phi) is 5.25. The molecule has 8 heteroatoms. The first kappa shape index (κ1) is 18.0. The van der Waals surface area contributed by atoms with Gasteiger partial charge in [-0.1, -0.05) is 41.4 Å². The fourth-order valence-electron chi connectivity index (χ4n) is 2.28. The summed E-state index contributed by atoms with van der Waals surface area (Å²) < 4.78 is 0. The number of aromatic amines is 1. The number of aromatic hydroxyl groups is 1. The van der Waals surface area contributed by atoms with Gasteiger partial charge in [0.1, 0.15) is 11.4 Å². The number of hydrogen-bond donors (Lipinski definition) is 3. The molecule has 0 radical (unpaired) electrons. The number of carbonyl (C=O) groups excluding carboxylic acids is 1. The molecule has 3 rings (SSSR count). The summed E-state index contributed by atoms with van der Waals surface area (Å²) >= 11 is 11.9. The number of hydrogen-bond acceptors (Lipinski definition) is 4. The minimum atomic E-state index is -0.460. The SMILES string of the molecule is C/C(=N/NC(=O)c1cc(-c2ccc(Cl)c(Cl)c2)n[nH]1)c1ccccc1O. The van der Waals surface area contributed by atoms with Crippen molar-refractivity contribution in [1.29, 1.82) is 0 Å². The van der Waals surface area contributed by atoms with Crippen molar-refractivity contribution in [3.8, 4) is 17.0 Å². The number of amides is 1. The second kappa shape index (κ2) is 7.59. The topological polar surface area (TPSA) is 90.4 Å². The molecule has 3 aromatic rings. The van der Waals surface area contributed by atoms with Crippen LogP contribution in [0.1, 0.15) is 23.0 Å². The lowest BCUT2D eigenvalue weighted by molar-refractivity contribution is 0.0950. The van der Waals surface area contributed by atoms with Gasteiger partial charge in [0.2, 0.25) is 0 Å². The molecule has 0 aliphatic rings. The number of para-hydroxylation sites is 1. The highest BCUT2D eigenvalue weighted by molar-refractivity contribution is 6.42. The summed E-state index contributed by atoms with van der Waals surface area (Å²) in [5.41, 5.74) is 4.95. The van der Waals surface area contributed by atoms with Crippen molar-refractivity contribution in [3.05, 3.63) is 69.8 Å². The predicted molar refractivity (Wildman–Crippen MR) is 102 cm³/mol. The molecular formula is C18H14Cl2N4O2. The highest BCUT2D eigenvalue weighted by atomic mass is 35.5. The van der Waals surface area contributed by atoms with Gasteiger partial charge < -0.3 is 5.11 Å². The van der Waals surface area contributed by atoms with Crippen LogP contribution in [0.4, 0.5) is 0 Å². The molecule has 26 heavy (non-hydrogen) atoms. The summed E-state index contributed by atoms with van der Waals surface area (Å²) in [6, 6.07) is 13.4. The van der Waals surface area contributed by atoms with Crippen molar-refractivity contribution in [1.82, 2.24) is 15.6 Å². The summed E-state index contributed by atoms with van der Waals surface area (Å²) in [6.07, 6.45) is 0. The van der Waals surface area contributed by atoms with Crippen LogP contribution in [0.15, 0.2) is 53.6 Å². The minimum Gasteiger partial charge on any atom is -0.507 e. The Bertz CT molecular complexity index is 998. The van der Waals surface area contributed by atoms with E-state index in [0.29, 0.717) is 27.0 Å². The largest absolute Gasteiger partial charge is 0.507 e. The molecule has 132 valence electrons. The van der Waals surface area contributed by atoms with Crippen molar-refractivity contribution >= 4 is 34.8 Å². The fourth-order valence-corrected chi connectivity index (χ4v) is 2.57. The first-order valence-electron chi connectivity index (χ1n) is 7.59. The predicted octanol–water partition coefficient (Wildman–Crippen LogP) is 4.24. The lowest BCUT2D eigenvalue weighted by Gasteiger charge is -2.03. The highest BCUT2D eigenvalue weighted by Crippen LogP contribution is 2.27. The Labute approximate surface area is 159 Å². The van der Waals surface area contributed by atoms with E-state index in [0.717, 1.165) is 5.56 Å². The van der Waals surface area contributed by atoms with Crippen molar-refractivity contribution in [2.75, 3.05) is 0 Å². The zero-order chi connectivity index (χ0) is 18.7. The van der Waals surface area contributed by atoms with E-state index in [1.807, 2.05) is 0 Å². The number of nitrogens with zero attached hydrogens (tertiary/aromatic N) is 2. The van der Waals surface area contributed by atoms with Gasteiger partial charge in [0, 0.05) is 11.1 Å². The number of rotatable bonds is 4. The second-order valence-corrected chi connectivity index (χ2v) is 6.27. The van der Waals surface area contributed by atoms with Gasteiger partial charge in [-0.3, -0.25) is 9.89 Å². The van der Waals surface area contributed by atoms with E-state index in [1.165, 1.54) is 0 Å². The van der Waals surface area contributed by atoms with Gasteiger partial charge in [0.05, 0.1) is 21.5 Å². The van der Waals surface area contributed by atoms with Crippen LogP contribution in [0, 0.1) is 0 Å². The number of nitrogens with one attached hydrogen (secondary N) is 2. The van der Waals surface area contributed by atoms with Gasteiger partial charge in [-0.15, -0.1) is 0 Å². The molecule has 1 heterocycles. The van der Waals surface area contributed by atoms with Gasteiger partial charge >= 0.3 is 0 Å². The van der Waals surface area contributed by atoms with Crippen LogP contribution in [0.5, 0.6) is 5.75 Å². The maximum Gasteiger partial charge on any atom is 0.289 e. The lowest BCUT2D eigenvalue weighted by Crippen LogP contribution is -2.19. The molecule has 0 aliphatic heterocycles. The van der Waals surface area contributed by atoms with Crippen molar-refractivity contribution in [2.45, 2.75) is 6.92 Å². The summed E-state index contributed by atoms with van der Waals surface area (Å²) in [7, 11) is 0. The van der Waals surface area contributed by atoms with Gasteiger partial charge in [0.25, 0.3) is 5.91 Å². The van der Waals surface area contributed by atoms with Crippen LogP contribution in [-0.4, -0.2) is 26.9 Å². The third-order valence-corrected chi connectivity index (χ3v) is 4.40. The summed E-state index contributed by atoms with van der Waals surface area (Å²) in [5, 5.41) is 21.4. The normalized spacial score (nSPS) is 11.4. The number of aromatic nitrogens is 2. The maximum atomic E-state index is 12.2. The van der Waals surface area contributed by atoms with E-state index in [2.05, 4.69) is 20.7 Å². The molecule has 0 unspecified atom stereocenters. The van der Waals surface area contributed by atoms with Gasteiger partial charge in [-0.2, -0.15) is 10.2 Å². The van der Waals surface area contributed by atoms with Crippen LogP contribution < -0.4 is 5.43 Å². The molecule has 0 saturated carbocycles. The van der Waals surface area contributed by atoms with E-state index in [9.17, 15) is 9.90 Å². The molecule has 6 nitrogen and oxygen atoms in total.